The van der Waals surface area contributed by atoms with Crippen LogP contribution < -0.4 is 14.8 Å². The van der Waals surface area contributed by atoms with Crippen LogP contribution in [-0.2, 0) is 0 Å². The molecule has 2 rings (SSSR count). The van der Waals surface area contributed by atoms with Crippen LogP contribution in [0.2, 0.25) is 0 Å². The second-order valence-corrected chi connectivity index (χ2v) is 5.09. The van der Waals surface area contributed by atoms with Crippen molar-refractivity contribution in [2.75, 3.05) is 20.8 Å². The number of methoxy groups -OCH3 is 2. The first-order valence-corrected chi connectivity index (χ1v) is 7.18. The number of hydrogen-bond donors (Lipinski definition) is 1. The van der Waals surface area contributed by atoms with E-state index in [1.165, 1.54) is 0 Å². The van der Waals surface area contributed by atoms with Gasteiger partial charge in [0.25, 0.3) is 0 Å². The first-order valence-electron chi connectivity index (χ1n) is 6.39. The summed E-state index contributed by atoms with van der Waals surface area (Å²) in [5.74, 6) is 2.35. The summed E-state index contributed by atoms with van der Waals surface area (Å²) in [6, 6.07) is 7.58. The van der Waals surface area contributed by atoms with Crippen LogP contribution in [0, 0.1) is 0 Å². The Morgan fingerprint density at radius 2 is 2.05 bits per heavy atom. The SMILES string of the molecule is CCNC(c1ccc(OC)cc1OC)c1occc1Br. The molecule has 1 heterocycles. The van der Waals surface area contributed by atoms with Gasteiger partial charge in [0.05, 0.1) is 31.0 Å². The number of ether oxygens (including phenoxy) is 2. The Balaban J connectivity index is 2.46. The van der Waals surface area contributed by atoms with E-state index in [0.717, 1.165) is 33.8 Å². The van der Waals surface area contributed by atoms with Crippen molar-refractivity contribution in [3.8, 4) is 11.5 Å². The van der Waals surface area contributed by atoms with Gasteiger partial charge in [0, 0.05) is 11.6 Å². The van der Waals surface area contributed by atoms with Crippen molar-refractivity contribution in [3.63, 3.8) is 0 Å². The zero-order chi connectivity index (χ0) is 14.5. The molecule has 1 atom stereocenters. The van der Waals surface area contributed by atoms with E-state index in [1.807, 2.05) is 24.3 Å². The average molecular weight is 340 g/mol. The summed E-state index contributed by atoms with van der Waals surface area (Å²) in [6.07, 6.45) is 1.67. The maximum atomic E-state index is 5.59. The Morgan fingerprint density at radius 3 is 2.60 bits per heavy atom. The van der Waals surface area contributed by atoms with Crippen molar-refractivity contribution in [3.05, 3.63) is 46.3 Å². The zero-order valence-electron chi connectivity index (χ0n) is 11.8. The molecule has 2 aromatic rings. The highest BCUT2D eigenvalue weighted by Crippen LogP contribution is 2.36. The Bertz CT molecular complexity index is 568. The summed E-state index contributed by atoms with van der Waals surface area (Å²) in [6.45, 7) is 2.87. The number of hydrogen-bond acceptors (Lipinski definition) is 4. The Kier molecular flexibility index (Phi) is 5.09. The molecule has 0 amide bonds. The van der Waals surface area contributed by atoms with Gasteiger partial charge in [0.2, 0.25) is 0 Å². The molecule has 0 aliphatic rings. The maximum Gasteiger partial charge on any atom is 0.139 e. The lowest BCUT2D eigenvalue weighted by atomic mass is 10.0. The second kappa shape index (κ2) is 6.81. The fourth-order valence-electron chi connectivity index (χ4n) is 2.12. The summed E-state index contributed by atoms with van der Waals surface area (Å²) >= 11 is 3.51. The van der Waals surface area contributed by atoms with Gasteiger partial charge < -0.3 is 19.2 Å². The highest BCUT2D eigenvalue weighted by Gasteiger charge is 2.22. The summed E-state index contributed by atoms with van der Waals surface area (Å²) in [7, 11) is 3.29. The van der Waals surface area contributed by atoms with Gasteiger partial charge in [-0.05, 0) is 40.7 Å². The number of rotatable bonds is 6. The molecule has 0 radical (unpaired) electrons. The predicted octanol–water partition coefficient (Wildman–Crippen LogP) is 3.76. The van der Waals surface area contributed by atoms with Crippen molar-refractivity contribution in [1.82, 2.24) is 5.32 Å². The van der Waals surface area contributed by atoms with Crippen LogP contribution in [0.3, 0.4) is 0 Å². The summed E-state index contributed by atoms with van der Waals surface area (Å²) in [4.78, 5) is 0. The molecule has 1 unspecified atom stereocenters. The lowest BCUT2D eigenvalue weighted by Crippen LogP contribution is -2.22. The van der Waals surface area contributed by atoms with Crippen molar-refractivity contribution >= 4 is 15.9 Å². The van der Waals surface area contributed by atoms with Gasteiger partial charge in [-0.25, -0.2) is 0 Å². The molecule has 0 spiro atoms. The molecule has 108 valence electrons. The highest BCUT2D eigenvalue weighted by molar-refractivity contribution is 9.10. The van der Waals surface area contributed by atoms with Gasteiger partial charge >= 0.3 is 0 Å². The minimum absolute atomic E-state index is 0.0785. The lowest BCUT2D eigenvalue weighted by molar-refractivity contribution is 0.381. The average Bonchev–Trinajstić information content (AvgIpc) is 2.90. The molecule has 1 N–H and O–H groups in total. The minimum Gasteiger partial charge on any atom is -0.497 e. The van der Waals surface area contributed by atoms with Gasteiger partial charge in [0.15, 0.2) is 0 Å². The van der Waals surface area contributed by atoms with Crippen LogP contribution in [-0.4, -0.2) is 20.8 Å². The fourth-order valence-corrected chi connectivity index (χ4v) is 2.55. The summed E-state index contributed by atoms with van der Waals surface area (Å²) in [5, 5.41) is 3.41. The fraction of sp³-hybridized carbons (Fsp3) is 0.333. The van der Waals surface area contributed by atoms with Crippen molar-refractivity contribution in [2.45, 2.75) is 13.0 Å². The molecule has 20 heavy (non-hydrogen) atoms. The van der Waals surface area contributed by atoms with Crippen LogP contribution in [0.5, 0.6) is 11.5 Å². The Hall–Kier alpha value is -1.46. The van der Waals surface area contributed by atoms with E-state index in [4.69, 9.17) is 13.9 Å². The van der Waals surface area contributed by atoms with Crippen LogP contribution >= 0.6 is 15.9 Å². The molecular weight excluding hydrogens is 322 g/mol. The van der Waals surface area contributed by atoms with Crippen LogP contribution in [0.15, 0.2) is 39.4 Å². The first-order chi connectivity index (χ1) is 9.71. The number of furan rings is 1. The summed E-state index contributed by atoms with van der Waals surface area (Å²) < 4.78 is 17.2. The molecule has 1 aromatic heterocycles. The molecule has 5 heteroatoms. The lowest BCUT2D eigenvalue weighted by Gasteiger charge is -2.20. The topological polar surface area (TPSA) is 43.6 Å². The molecular formula is C15H18BrNO3. The van der Waals surface area contributed by atoms with Crippen LogP contribution in [0.4, 0.5) is 0 Å². The van der Waals surface area contributed by atoms with Crippen LogP contribution in [0.1, 0.15) is 24.3 Å². The van der Waals surface area contributed by atoms with Gasteiger partial charge in [-0.15, -0.1) is 0 Å². The first kappa shape index (κ1) is 14.9. The van der Waals surface area contributed by atoms with Crippen molar-refractivity contribution < 1.29 is 13.9 Å². The summed E-state index contributed by atoms with van der Waals surface area (Å²) in [5.41, 5.74) is 1.01. The minimum atomic E-state index is -0.0785. The third-order valence-corrected chi connectivity index (χ3v) is 3.72. The van der Waals surface area contributed by atoms with Crippen molar-refractivity contribution in [2.24, 2.45) is 0 Å². The normalized spacial score (nSPS) is 12.2. The third-order valence-electron chi connectivity index (χ3n) is 3.07. The monoisotopic (exact) mass is 339 g/mol. The van der Waals surface area contributed by atoms with Gasteiger partial charge in [-0.2, -0.15) is 0 Å². The van der Waals surface area contributed by atoms with E-state index in [1.54, 1.807) is 20.5 Å². The van der Waals surface area contributed by atoms with E-state index < -0.39 is 0 Å². The number of nitrogens with one attached hydrogen (secondary N) is 1. The molecule has 4 nitrogen and oxygen atoms in total. The van der Waals surface area contributed by atoms with E-state index >= 15 is 0 Å². The largest absolute Gasteiger partial charge is 0.497 e. The number of halogens is 1. The zero-order valence-corrected chi connectivity index (χ0v) is 13.4. The van der Waals surface area contributed by atoms with Gasteiger partial charge in [0.1, 0.15) is 17.3 Å². The standard InChI is InChI=1S/C15H18BrNO3/c1-4-17-14(15-12(16)7-8-20-15)11-6-5-10(18-2)9-13(11)19-3/h5-9,14,17H,4H2,1-3H3. The molecule has 0 aliphatic carbocycles. The number of benzene rings is 1. The van der Waals surface area contributed by atoms with E-state index in [0.29, 0.717) is 0 Å². The van der Waals surface area contributed by atoms with E-state index in [9.17, 15) is 0 Å². The Labute approximate surface area is 127 Å². The predicted molar refractivity (Wildman–Crippen MR) is 81.5 cm³/mol. The molecule has 0 saturated carbocycles. The quantitative estimate of drug-likeness (QED) is 0.870. The van der Waals surface area contributed by atoms with E-state index in [2.05, 4.69) is 28.2 Å². The molecule has 0 fully saturated rings. The highest BCUT2D eigenvalue weighted by atomic mass is 79.9. The third kappa shape index (κ3) is 2.99. The smallest absolute Gasteiger partial charge is 0.139 e. The van der Waals surface area contributed by atoms with Gasteiger partial charge in [-0.3, -0.25) is 0 Å². The maximum absolute atomic E-state index is 5.59. The van der Waals surface area contributed by atoms with E-state index in [-0.39, 0.29) is 6.04 Å². The molecule has 0 saturated heterocycles. The Morgan fingerprint density at radius 1 is 1.25 bits per heavy atom. The van der Waals surface area contributed by atoms with Crippen LogP contribution in [0.25, 0.3) is 0 Å². The molecule has 0 bridgehead atoms. The molecule has 1 aromatic carbocycles. The van der Waals surface area contributed by atoms with Gasteiger partial charge in [-0.1, -0.05) is 6.92 Å². The second-order valence-electron chi connectivity index (χ2n) is 4.23. The van der Waals surface area contributed by atoms with Crippen molar-refractivity contribution in [1.29, 1.82) is 0 Å². The molecule has 0 aliphatic heterocycles.